The molecule has 1 rings (SSSR count). The molecular weight excluding hydrogens is 196 g/mol. The monoisotopic (exact) mass is 208 g/mol. The summed E-state index contributed by atoms with van der Waals surface area (Å²) in [7, 11) is 0. The van der Waals surface area contributed by atoms with Crippen LogP contribution in [-0.2, 0) is 6.54 Å². The van der Waals surface area contributed by atoms with E-state index in [1.54, 1.807) is 12.4 Å². The van der Waals surface area contributed by atoms with Crippen LogP contribution in [0.3, 0.4) is 0 Å². The molecule has 0 atom stereocenters. The van der Waals surface area contributed by atoms with Crippen molar-refractivity contribution >= 4 is 11.6 Å². The highest BCUT2D eigenvalue weighted by atomic mass is 35.5. The molecule has 1 aromatic heterocycles. The fraction of sp³-hybridized carbons (Fsp3) is 0.364. The van der Waals surface area contributed by atoms with Crippen LogP contribution in [0.1, 0.15) is 18.4 Å². The number of hydrogen-bond donors (Lipinski definition) is 1. The van der Waals surface area contributed by atoms with Gasteiger partial charge in [0.05, 0.1) is 5.02 Å². The van der Waals surface area contributed by atoms with E-state index in [0.717, 1.165) is 31.5 Å². The van der Waals surface area contributed by atoms with Gasteiger partial charge in [0.15, 0.2) is 0 Å². The van der Waals surface area contributed by atoms with E-state index in [9.17, 15) is 0 Å². The minimum Gasteiger partial charge on any atom is -0.313 e. The smallest absolute Gasteiger partial charge is 0.0634 e. The molecule has 0 aliphatic carbocycles. The first-order valence-corrected chi connectivity index (χ1v) is 4.95. The molecule has 74 valence electrons. The molecule has 0 aliphatic heterocycles. The lowest BCUT2D eigenvalue weighted by Gasteiger charge is -2.04. The molecule has 0 spiro atoms. The SMILES string of the molecule is C#CCCCNCc1ccncc1Cl. The van der Waals surface area contributed by atoms with Gasteiger partial charge in [0.1, 0.15) is 0 Å². The number of nitrogens with one attached hydrogen (secondary N) is 1. The predicted octanol–water partition coefficient (Wildman–Crippen LogP) is 2.24. The van der Waals surface area contributed by atoms with Gasteiger partial charge in [-0.05, 0) is 24.6 Å². The van der Waals surface area contributed by atoms with Gasteiger partial charge >= 0.3 is 0 Å². The van der Waals surface area contributed by atoms with Gasteiger partial charge in [-0.25, -0.2) is 0 Å². The van der Waals surface area contributed by atoms with Gasteiger partial charge in [-0.2, -0.15) is 0 Å². The van der Waals surface area contributed by atoms with Crippen LogP contribution >= 0.6 is 11.6 Å². The fourth-order valence-electron chi connectivity index (χ4n) is 1.09. The second-order valence-electron chi connectivity index (χ2n) is 2.95. The lowest BCUT2D eigenvalue weighted by molar-refractivity contribution is 0.659. The number of terminal acetylenes is 1. The van der Waals surface area contributed by atoms with Gasteiger partial charge in [-0.15, -0.1) is 12.3 Å². The van der Waals surface area contributed by atoms with E-state index in [1.807, 2.05) is 6.07 Å². The summed E-state index contributed by atoms with van der Waals surface area (Å²) >= 11 is 5.93. The standard InChI is InChI=1S/C11H13ClN2/c1-2-3-4-6-13-8-10-5-7-14-9-11(10)12/h1,5,7,9,13H,3-4,6,8H2. The Morgan fingerprint density at radius 1 is 1.57 bits per heavy atom. The first-order chi connectivity index (χ1) is 6.84. The van der Waals surface area contributed by atoms with Crippen molar-refractivity contribution in [2.75, 3.05) is 6.54 Å². The average molecular weight is 209 g/mol. The molecule has 0 saturated carbocycles. The molecule has 0 saturated heterocycles. The Bertz CT molecular complexity index is 317. The number of pyridine rings is 1. The summed E-state index contributed by atoms with van der Waals surface area (Å²) < 4.78 is 0. The van der Waals surface area contributed by atoms with Gasteiger partial charge in [0.25, 0.3) is 0 Å². The molecule has 0 bridgehead atoms. The zero-order chi connectivity index (χ0) is 10.2. The first kappa shape index (κ1) is 11.0. The van der Waals surface area contributed by atoms with Crippen molar-refractivity contribution in [2.45, 2.75) is 19.4 Å². The molecule has 0 aromatic carbocycles. The number of rotatable bonds is 5. The average Bonchev–Trinajstić information content (AvgIpc) is 2.20. The Labute approximate surface area is 89.7 Å². The zero-order valence-electron chi connectivity index (χ0n) is 7.96. The fourth-order valence-corrected chi connectivity index (χ4v) is 1.27. The molecule has 0 aliphatic rings. The van der Waals surface area contributed by atoms with E-state index in [-0.39, 0.29) is 0 Å². The zero-order valence-corrected chi connectivity index (χ0v) is 8.72. The molecule has 0 unspecified atom stereocenters. The number of aromatic nitrogens is 1. The van der Waals surface area contributed by atoms with Crippen molar-refractivity contribution in [2.24, 2.45) is 0 Å². The van der Waals surface area contributed by atoms with Gasteiger partial charge in [-0.3, -0.25) is 4.98 Å². The number of hydrogen-bond acceptors (Lipinski definition) is 2. The van der Waals surface area contributed by atoms with E-state index < -0.39 is 0 Å². The van der Waals surface area contributed by atoms with E-state index in [2.05, 4.69) is 16.2 Å². The summed E-state index contributed by atoms with van der Waals surface area (Å²) in [5.41, 5.74) is 1.07. The Morgan fingerprint density at radius 2 is 2.43 bits per heavy atom. The third-order valence-electron chi connectivity index (χ3n) is 1.85. The minimum absolute atomic E-state index is 0.706. The summed E-state index contributed by atoms with van der Waals surface area (Å²) in [6.45, 7) is 1.69. The quantitative estimate of drug-likeness (QED) is 0.593. The Morgan fingerprint density at radius 3 is 3.14 bits per heavy atom. The normalized spacial score (nSPS) is 9.71. The van der Waals surface area contributed by atoms with Crippen molar-refractivity contribution in [1.82, 2.24) is 10.3 Å². The molecule has 0 radical (unpaired) electrons. The van der Waals surface area contributed by atoms with Crippen molar-refractivity contribution < 1.29 is 0 Å². The highest BCUT2D eigenvalue weighted by Crippen LogP contribution is 2.12. The summed E-state index contributed by atoms with van der Waals surface area (Å²) in [6, 6.07) is 1.91. The molecule has 1 aromatic rings. The van der Waals surface area contributed by atoms with Gasteiger partial charge in [0, 0.05) is 25.4 Å². The maximum Gasteiger partial charge on any atom is 0.0634 e. The van der Waals surface area contributed by atoms with E-state index >= 15 is 0 Å². The highest BCUT2D eigenvalue weighted by molar-refractivity contribution is 6.31. The van der Waals surface area contributed by atoms with Crippen LogP contribution in [0.4, 0.5) is 0 Å². The van der Waals surface area contributed by atoms with E-state index in [4.69, 9.17) is 18.0 Å². The topological polar surface area (TPSA) is 24.9 Å². The second-order valence-corrected chi connectivity index (χ2v) is 3.36. The van der Waals surface area contributed by atoms with Crippen LogP contribution in [0.25, 0.3) is 0 Å². The van der Waals surface area contributed by atoms with Crippen LogP contribution in [0.5, 0.6) is 0 Å². The molecule has 1 heterocycles. The third-order valence-corrected chi connectivity index (χ3v) is 2.19. The number of nitrogens with zero attached hydrogens (tertiary/aromatic N) is 1. The number of halogens is 1. The van der Waals surface area contributed by atoms with Crippen LogP contribution in [-0.4, -0.2) is 11.5 Å². The molecule has 3 heteroatoms. The summed E-state index contributed by atoms with van der Waals surface area (Å²) in [5.74, 6) is 2.60. The van der Waals surface area contributed by atoms with Crippen LogP contribution in [0.2, 0.25) is 5.02 Å². The third kappa shape index (κ3) is 3.78. The van der Waals surface area contributed by atoms with Gasteiger partial charge in [-0.1, -0.05) is 11.6 Å². The van der Waals surface area contributed by atoms with Crippen LogP contribution in [0.15, 0.2) is 18.5 Å². The summed E-state index contributed by atoms with van der Waals surface area (Å²) in [4.78, 5) is 3.92. The molecule has 14 heavy (non-hydrogen) atoms. The Hall–Kier alpha value is -1.04. The van der Waals surface area contributed by atoms with Crippen molar-refractivity contribution in [3.05, 3.63) is 29.0 Å². The molecule has 1 N–H and O–H groups in total. The largest absolute Gasteiger partial charge is 0.313 e. The Kier molecular flexibility index (Phi) is 5.06. The lowest BCUT2D eigenvalue weighted by atomic mass is 10.2. The van der Waals surface area contributed by atoms with E-state index in [0.29, 0.717) is 5.02 Å². The maximum atomic E-state index is 5.93. The predicted molar refractivity (Wildman–Crippen MR) is 59.0 cm³/mol. The lowest BCUT2D eigenvalue weighted by Crippen LogP contribution is -2.14. The van der Waals surface area contributed by atoms with Crippen molar-refractivity contribution in [3.8, 4) is 12.3 Å². The molecule has 2 nitrogen and oxygen atoms in total. The first-order valence-electron chi connectivity index (χ1n) is 4.57. The minimum atomic E-state index is 0.706. The number of unbranched alkanes of at least 4 members (excludes halogenated alkanes) is 1. The second kappa shape index (κ2) is 6.42. The van der Waals surface area contributed by atoms with Gasteiger partial charge in [0.2, 0.25) is 0 Å². The molecule has 0 fully saturated rings. The summed E-state index contributed by atoms with van der Waals surface area (Å²) in [6.07, 6.45) is 10.3. The van der Waals surface area contributed by atoms with Crippen molar-refractivity contribution in [1.29, 1.82) is 0 Å². The van der Waals surface area contributed by atoms with Crippen molar-refractivity contribution in [3.63, 3.8) is 0 Å². The van der Waals surface area contributed by atoms with Crippen LogP contribution in [0, 0.1) is 12.3 Å². The van der Waals surface area contributed by atoms with Gasteiger partial charge < -0.3 is 5.32 Å². The maximum absolute atomic E-state index is 5.93. The van der Waals surface area contributed by atoms with E-state index in [1.165, 1.54) is 0 Å². The summed E-state index contributed by atoms with van der Waals surface area (Å²) in [5, 5.41) is 3.98. The molecule has 0 amide bonds. The Balaban J connectivity index is 2.25. The molecular formula is C11H13ClN2. The van der Waals surface area contributed by atoms with Crippen LogP contribution < -0.4 is 5.32 Å². The highest BCUT2D eigenvalue weighted by Gasteiger charge is 1.97.